The quantitative estimate of drug-likeness (QED) is 0.851. The molecule has 1 aromatic carbocycles. The van der Waals surface area contributed by atoms with Crippen molar-refractivity contribution in [3.8, 4) is 5.75 Å². The summed E-state index contributed by atoms with van der Waals surface area (Å²) in [6.45, 7) is 3.85. The zero-order valence-corrected chi connectivity index (χ0v) is 12.5. The first kappa shape index (κ1) is 16.0. The van der Waals surface area contributed by atoms with E-state index in [0.717, 1.165) is 11.3 Å². The van der Waals surface area contributed by atoms with Gasteiger partial charge in [0, 0.05) is 13.1 Å². The van der Waals surface area contributed by atoms with Crippen LogP contribution in [0.1, 0.15) is 19.4 Å². The molecule has 0 saturated carbocycles. The number of hydrogen-bond donors (Lipinski definition) is 1. The number of ether oxygens (including phenoxy) is 1. The molecule has 2 amide bonds. The van der Waals surface area contributed by atoms with Gasteiger partial charge in [-0.05, 0) is 31.5 Å². The second-order valence-corrected chi connectivity index (χ2v) is 5.00. The van der Waals surface area contributed by atoms with E-state index in [2.05, 4.69) is 5.32 Å². The number of hydrogen-bond acceptors (Lipinski definition) is 3. The molecule has 0 heterocycles. The van der Waals surface area contributed by atoms with E-state index in [1.165, 1.54) is 4.90 Å². The van der Waals surface area contributed by atoms with E-state index in [1.54, 1.807) is 14.2 Å². The summed E-state index contributed by atoms with van der Waals surface area (Å²) in [5, 5.41) is 2.76. The number of amides is 2. The molecule has 5 nitrogen and oxygen atoms in total. The Morgan fingerprint density at radius 1 is 1.25 bits per heavy atom. The fraction of sp³-hybridized carbons (Fsp3) is 0.467. The Balaban J connectivity index is 2.50. The number of nitrogens with zero attached hydrogens (tertiary/aromatic N) is 1. The van der Waals surface area contributed by atoms with Crippen LogP contribution in [0.5, 0.6) is 5.75 Å². The van der Waals surface area contributed by atoms with Gasteiger partial charge in [0.25, 0.3) is 0 Å². The third kappa shape index (κ3) is 5.30. The fourth-order valence-corrected chi connectivity index (χ4v) is 1.72. The molecule has 1 N–H and O–H groups in total. The fourth-order valence-electron chi connectivity index (χ4n) is 1.72. The van der Waals surface area contributed by atoms with Crippen molar-refractivity contribution in [3.63, 3.8) is 0 Å². The van der Waals surface area contributed by atoms with E-state index >= 15 is 0 Å². The minimum atomic E-state index is -0.148. The summed E-state index contributed by atoms with van der Waals surface area (Å²) in [5.41, 5.74) is 0.895. The van der Waals surface area contributed by atoms with Crippen molar-refractivity contribution in [1.82, 2.24) is 10.2 Å². The number of rotatable bonds is 6. The minimum absolute atomic E-state index is 0.0765. The molecular weight excluding hydrogens is 256 g/mol. The van der Waals surface area contributed by atoms with Gasteiger partial charge in [-0.25, -0.2) is 0 Å². The lowest BCUT2D eigenvalue weighted by atomic mass is 10.1. The van der Waals surface area contributed by atoms with E-state index < -0.39 is 0 Å². The Bertz CT molecular complexity index is 455. The summed E-state index contributed by atoms with van der Waals surface area (Å²) in [5.74, 6) is 0.519. The van der Waals surface area contributed by atoms with Crippen LogP contribution in [0.4, 0.5) is 0 Å². The Morgan fingerprint density at radius 2 is 1.85 bits per heavy atom. The zero-order valence-electron chi connectivity index (χ0n) is 12.5. The van der Waals surface area contributed by atoms with Gasteiger partial charge in [0.1, 0.15) is 5.75 Å². The molecule has 0 aliphatic heterocycles. The Kier molecular flexibility index (Phi) is 6.03. The molecule has 110 valence electrons. The molecule has 0 radical (unpaired) electrons. The number of benzene rings is 1. The molecule has 1 rings (SSSR count). The van der Waals surface area contributed by atoms with Crippen LogP contribution in [-0.4, -0.2) is 43.5 Å². The van der Waals surface area contributed by atoms with Crippen LogP contribution in [0.15, 0.2) is 24.3 Å². The Labute approximate surface area is 119 Å². The lowest BCUT2D eigenvalue weighted by Crippen LogP contribution is -2.41. The van der Waals surface area contributed by atoms with Crippen molar-refractivity contribution in [2.75, 3.05) is 20.7 Å². The van der Waals surface area contributed by atoms with Crippen LogP contribution in [0.2, 0.25) is 0 Å². The molecule has 5 heteroatoms. The minimum Gasteiger partial charge on any atom is -0.497 e. The maximum atomic E-state index is 12.0. The summed E-state index contributed by atoms with van der Waals surface area (Å²) >= 11 is 0. The van der Waals surface area contributed by atoms with Crippen molar-refractivity contribution in [2.45, 2.75) is 26.3 Å². The standard InChI is InChI=1S/C15H22N2O3/c1-11(2)16-14(18)10-17(3)15(19)9-12-5-7-13(20-4)8-6-12/h5-8,11H,9-10H2,1-4H3,(H,16,18). The Morgan fingerprint density at radius 3 is 2.35 bits per heavy atom. The molecule has 0 bridgehead atoms. The number of nitrogens with one attached hydrogen (secondary N) is 1. The average Bonchev–Trinajstić information content (AvgIpc) is 2.38. The number of likely N-dealkylation sites (N-methyl/N-ethyl adjacent to an activating group) is 1. The van der Waals surface area contributed by atoms with Gasteiger partial charge in [-0.2, -0.15) is 0 Å². The van der Waals surface area contributed by atoms with Crippen molar-refractivity contribution >= 4 is 11.8 Å². The van der Waals surface area contributed by atoms with Crippen LogP contribution < -0.4 is 10.1 Å². The molecule has 0 aliphatic rings. The maximum absolute atomic E-state index is 12.0. The highest BCUT2D eigenvalue weighted by Crippen LogP contribution is 2.12. The van der Waals surface area contributed by atoms with Crippen LogP contribution in [0, 0.1) is 0 Å². The third-order valence-electron chi connectivity index (χ3n) is 2.77. The highest BCUT2D eigenvalue weighted by molar-refractivity contribution is 5.85. The summed E-state index contributed by atoms with van der Waals surface area (Å²) in [6, 6.07) is 7.40. The molecule has 0 spiro atoms. The van der Waals surface area contributed by atoms with E-state index in [4.69, 9.17) is 4.74 Å². The number of carbonyl (C=O) groups is 2. The van der Waals surface area contributed by atoms with Gasteiger partial charge in [0.2, 0.25) is 11.8 Å². The molecule has 1 aromatic rings. The third-order valence-corrected chi connectivity index (χ3v) is 2.77. The van der Waals surface area contributed by atoms with E-state index in [-0.39, 0.29) is 30.8 Å². The zero-order chi connectivity index (χ0) is 15.1. The second kappa shape index (κ2) is 7.53. The van der Waals surface area contributed by atoms with E-state index in [0.29, 0.717) is 0 Å². The lowest BCUT2D eigenvalue weighted by Gasteiger charge is -2.18. The topological polar surface area (TPSA) is 58.6 Å². The molecule has 0 aromatic heterocycles. The van der Waals surface area contributed by atoms with Gasteiger partial charge in [0.05, 0.1) is 20.1 Å². The van der Waals surface area contributed by atoms with Gasteiger partial charge >= 0.3 is 0 Å². The van der Waals surface area contributed by atoms with Gasteiger partial charge in [-0.15, -0.1) is 0 Å². The first-order valence-electron chi connectivity index (χ1n) is 6.58. The molecule has 20 heavy (non-hydrogen) atoms. The van der Waals surface area contributed by atoms with Crippen molar-refractivity contribution < 1.29 is 14.3 Å². The van der Waals surface area contributed by atoms with E-state index in [1.807, 2.05) is 38.1 Å². The SMILES string of the molecule is COc1ccc(CC(=O)N(C)CC(=O)NC(C)C)cc1. The second-order valence-electron chi connectivity index (χ2n) is 5.00. The summed E-state index contributed by atoms with van der Waals surface area (Å²) in [4.78, 5) is 25.0. The van der Waals surface area contributed by atoms with Crippen LogP contribution >= 0.6 is 0 Å². The maximum Gasteiger partial charge on any atom is 0.239 e. The summed E-state index contributed by atoms with van der Waals surface area (Å²) in [7, 11) is 3.23. The van der Waals surface area contributed by atoms with Gasteiger partial charge in [-0.1, -0.05) is 12.1 Å². The molecular formula is C15H22N2O3. The molecule has 0 unspecified atom stereocenters. The monoisotopic (exact) mass is 278 g/mol. The van der Waals surface area contributed by atoms with Crippen LogP contribution in [-0.2, 0) is 16.0 Å². The molecule has 0 saturated heterocycles. The number of methoxy groups -OCH3 is 1. The summed E-state index contributed by atoms with van der Waals surface area (Å²) < 4.78 is 5.06. The first-order valence-corrected chi connectivity index (χ1v) is 6.58. The van der Waals surface area contributed by atoms with Gasteiger partial charge in [-0.3, -0.25) is 9.59 Å². The lowest BCUT2D eigenvalue weighted by molar-refractivity contribution is -0.134. The molecule has 0 fully saturated rings. The first-order chi connectivity index (χ1) is 9.42. The smallest absolute Gasteiger partial charge is 0.239 e. The normalized spacial score (nSPS) is 10.2. The largest absolute Gasteiger partial charge is 0.497 e. The Hall–Kier alpha value is -2.04. The average molecular weight is 278 g/mol. The van der Waals surface area contributed by atoms with Crippen molar-refractivity contribution in [2.24, 2.45) is 0 Å². The van der Waals surface area contributed by atoms with Gasteiger partial charge in [0.15, 0.2) is 0 Å². The highest BCUT2D eigenvalue weighted by atomic mass is 16.5. The van der Waals surface area contributed by atoms with Crippen molar-refractivity contribution in [3.05, 3.63) is 29.8 Å². The van der Waals surface area contributed by atoms with Crippen molar-refractivity contribution in [1.29, 1.82) is 0 Å². The summed E-state index contributed by atoms with van der Waals surface area (Å²) in [6.07, 6.45) is 0.273. The highest BCUT2D eigenvalue weighted by Gasteiger charge is 2.13. The molecule has 0 aliphatic carbocycles. The number of carbonyl (C=O) groups excluding carboxylic acids is 2. The van der Waals surface area contributed by atoms with Crippen LogP contribution in [0.3, 0.4) is 0 Å². The van der Waals surface area contributed by atoms with Crippen LogP contribution in [0.25, 0.3) is 0 Å². The van der Waals surface area contributed by atoms with Gasteiger partial charge < -0.3 is 15.0 Å². The predicted molar refractivity (Wildman–Crippen MR) is 77.6 cm³/mol. The van der Waals surface area contributed by atoms with E-state index in [9.17, 15) is 9.59 Å². The predicted octanol–water partition coefficient (Wildman–Crippen LogP) is 1.22. The molecule has 0 atom stereocenters.